The van der Waals surface area contributed by atoms with Crippen LogP contribution in [-0.2, 0) is 9.47 Å². The Bertz CT molecular complexity index is 932. The van der Waals surface area contributed by atoms with Crippen LogP contribution in [0.25, 0.3) is 11.3 Å². The zero-order chi connectivity index (χ0) is 19.8. The van der Waals surface area contributed by atoms with E-state index in [9.17, 15) is 4.79 Å². The first kappa shape index (κ1) is 19.3. The van der Waals surface area contributed by atoms with Crippen LogP contribution in [0.1, 0.15) is 10.4 Å². The number of nitrogens with zero attached hydrogens (tertiary/aromatic N) is 2. The molecule has 0 spiro atoms. The van der Waals surface area contributed by atoms with Crippen LogP contribution in [0, 0.1) is 0 Å². The van der Waals surface area contributed by atoms with Crippen LogP contribution in [0.3, 0.4) is 0 Å². The molecule has 0 aliphatic rings. The maximum absolute atomic E-state index is 12.0. The van der Waals surface area contributed by atoms with Crippen molar-refractivity contribution in [3.8, 4) is 11.3 Å². The maximum Gasteiger partial charge on any atom is 0.339 e. The molecule has 28 heavy (non-hydrogen) atoms. The summed E-state index contributed by atoms with van der Waals surface area (Å²) in [5.74, 6) is 0.599. The molecule has 2 aromatic carbocycles. The minimum absolute atomic E-state index is 0.373. The SMILES string of the molecule is COCCNc1cc(-c2ccccc2)nc(Nc2ccccc2C(=O)OC)n1. The molecule has 0 radical (unpaired) electrons. The third-order valence-electron chi connectivity index (χ3n) is 3.99. The molecule has 7 nitrogen and oxygen atoms in total. The zero-order valence-corrected chi connectivity index (χ0v) is 15.8. The van der Waals surface area contributed by atoms with Crippen LogP contribution < -0.4 is 10.6 Å². The van der Waals surface area contributed by atoms with Gasteiger partial charge in [0.1, 0.15) is 5.82 Å². The molecule has 0 bridgehead atoms. The second-order valence-corrected chi connectivity index (χ2v) is 5.91. The van der Waals surface area contributed by atoms with Gasteiger partial charge in [0.05, 0.1) is 30.7 Å². The third-order valence-corrected chi connectivity index (χ3v) is 3.99. The van der Waals surface area contributed by atoms with Crippen molar-refractivity contribution in [1.29, 1.82) is 0 Å². The molecule has 3 rings (SSSR count). The Morgan fingerprint density at radius 1 is 1.00 bits per heavy atom. The molecule has 0 saturated carbocycles. The van der Waals surface area contributed by atoms with Crippen LogP contribution in [0.4, 0.5) is 17.5 Å². The fourth-order valence-corrected chi connectivity index (χ4v) is 2.63. The lowest BCUT2D eigenvalue weighted by atomic mass is 10.1. The first-order valence-corrected chi connectivity index (χ1v) is 8.83. The molecule has 2 N–H and O–H groups in total. The van der Waals surface area contributed by atoms with Crippen LogP contribution in [0.15, 0.2) is 60.7 Å². The Balaban J connectivity index is 1.96. The number of aromatic nitrogens is 2. The number of anilines is 3. The first-order valence-electron chi connectivity index (χ1n) is 8.83. The van der Waals surface area contributed by atoms with E-state index >= 15 is 0 Å². The van der Waals surface area contributed by atoms with E-state index < -0.39 is 5.97 Å². The summed E-state index contributed by atoms with van der Waals surface area (Å²) in [6, 6.07) is 18.8. The highest BCUT2D eigenvalue weighted by Crippen LogP contribution is 2.24. The number of esters is 1. The van der Waals surface area contributed by atoms with Gasteiger partial charge < -0.3 is 20.1 Å². The summed E-state index contributed by atoms with van der Waals surface area (Å²) in [7, 11) is 3.00. The molecule has 0 amide bonds. The Morgan fingerprint density at radius 2 is 1.75 bits per heavy atom. The van der Waals surface area contributed by atoms with Crippen molar-refractivity contribution in [1.82, 2.24) is 9.97 Å². The molecule has 7 heteroatoms. The monoisotopic (exact) mass is 378 g/mol. The van der Waals surface area contributed by atoms with Gasteiger partial charge in [0.15, 0.2) is 0 Å². The van der Waals surface area contributed by atoms with Crippen molar-refractivity contribution in [3.63, 3.8) is 0 Å². The van der Waals surface area contributed by atoms with Gasteiger partial charge in [0, 0.05) is 25.3 Å². The van der Waals surface area contributed by atoms with E-state index in [2.05, 4.69) is 20.6 Å². The predicted octanol–water partition coefficient (Wildman–Crippen LogP) is 3.73. The number of carbonyl (C=O) groups is 1. The quantitative estimate of drug-likeness (QED) is 0.456. The number of nitrogens with one attached hydrogen (secondary N) is 2. The van der Waals surface area contributed by atoms with E-state index in [0.717, 1.165) is 11.3 Å². The number of benzene rings is 2. The molecule has 0 aliphatic carbocycles. The normalized spacial score (nSPS) is 10.4. The number of carbonyl (C=O) groups excluding carboxylic acids is 1. The maximum atomic E-state index is 12.0. The second-order valence-electron chi connectivity index (χ2n) is 5.91. The zero-order valence-electron chi connectivity index (χ0n) is 15.8. The number of hydrogen-bond acceptors (Lipinski definition) is 7. The van der Waals surface area contributed by atoms with Gasteiger partial charge >= 0.3 is 5.97 Å². The molecule has 0 fully saturated rings. The van der Waals surface area contributed by atoms with E-state index in [-0.39, 0.29) is 0 Å². The highest BCUT2D eigenvalue weighted by atomic mass is 16.5. The topological polar surface area (TPSA) is 85.4 Å². The van der Waals surface area contributed by atoms with Crippen molar-refractivity contribution in [2.75, 3.05) is 38.0 Å². The van der Waals surface area contributed by atoms with E-state index in [1.54, 1.807) is 25.3 Å². The standard InChI is InChI=1S/C21H22N4O3/c1-27-13-12-22-19-14-18(15-8-4-3-5-9-15)24-21(25-19)23-17-11-7-6-10-16(17)20(26)28-2/h3-11,14H,12-13H2,1-2H3,(H2,22,23,24,25). The van der Waals surface area contributed by atoms with E-state index in [4.69, 9.17) is 9.47 Å². The van der Waals surface area contributed by atoms with Crippen LogP contribution in [0.5, 0.6) is 0 Å². The Labute approximate surface area is 163 Å². The predicted molar refractivity (Wildman–Crippen MR) is 109 cm³/mol. The third kappa shape index (κ3) is 4.83. The number of rotatable bonds is 8. The average molecular weight is 378 g/mol. The summed E-state index contributed by atoms with van der Waals surface area (Å²) in [6.45, 7) is 1.17. The van der Waals surface area contributed by atoms with Gasteiger partial charge in [-0.1, -0.05) is 42.5 Å². The Hall–Kier alpha value is -3.45. The van der Waals surface area contributed by atoms with E-state index in [1.807, 2.05) is 42.5 Å². The van der Waals surface area contributed by atoms with Crippen molar-refractivity contribution >= 4 is 23.4 Å². The highest BCUT2D eigenvalue weighted by Gasteiger charge is 2.13. The molecule has 0 saturated heterocycles. The number of methoxy groups -OCH3 is 2. The minimum Gasteiger partial charge on any atom is -0.465 e. The first-order chi connectivity index (χ1) is 13.7. The van der Waals surface area contributed by atoms with Gasteiger partial charge in [-0.3, -0.25) is 0 Å². The van der Waals surface area contributed by atoms with Gasteiger partial charge in [-0.05, 0) is 12.1 Å². The van der Waals surface area contributed by atoms with Gasteiger partial charge in [-0.25, -0.2) is 9.78 Å². The van der Waals surface area contributed by atoms with Crippen molar-refractivity contribution < 1.29 is 14.3 Å². The largest absolute Gasteiger partial charge is 0.465 e. The van der Waals surface area contributed by atoms with Gasteiger partial charge in [0.2, 0.25) is 5.95 Å². The van der Waals surface area contributed by atoms with Crippen LogP contribution >= 0.6 is 0 Å². The van der Waals surface area contributed by atoms with E-state index in [0.29, 0.717) is 36.2 Å². The average Bonchev–Trinajstić information content (AvgIpc) is 2.74. The molecule has 3 aromatic rings. The molecule has 0 aliphatic heterocycles. The van der Waals surface area contributed by atoms with Crippen LogP contribution in [0.2, 0.25) is 0 Å². The molecule has 0 atom stereocenters. The second kappa shape index (κ2) is 9.48. The lowest BCUT2D eigenvalue weighted by Crippen LogP contribution is -2.11. The van der Waals surface area contributed by atoms with Crippen LogP contribution in [-0.4, -0.2) is 43.3 Å². The van der Waals surface area contributed by atoms with Gasteiger partial charge in [-0.2, -0.15) is 4.98 Å². The smallest absolute Gasteiger partial charge is 0.339 e. The summed E-state index contributed by atoms with van der Waals surface area (Å²) >= 11 is 0. The van der Waals surface area contributed by atoms with Crippen molar-refractivity contribution in [2.45, 2.75) is 0 Å². The molecular weight excluding hydrogens is 356 g/mol. The summed E-state index contributed by atoms with van der Waals surface area (Å²) in [5, 5.41) is 6.36. The number of para-hydroxylation sites is 1. The highest BCUT2D eigenvalue weighted by molar-refractivity contribution is 5.96. The molecule has 0 unspecified atom stereocenters. The molecule has 1 aromatic heterocycles. The lowest BCUT2D eigenvalue weighted by molar-refractivity contribution is 0.0602. The fourth-order valence-electron chi connectivity index (χ4n) is 2.63. The fraction of sp³-hybridized carbons (Fsp3) is 0.190. The van der Waals surface area contributed by atoms with Gasteiger partial charge in [-0.15, -0.1) is 0 Å². The van der Waals surface area contributed by atoms with Gasteiger partial charge in [0.25, 0.3) is 0 Å². The van der Waals surface area contributed by atoms with Crippen molar-refractivity contribution in [2.24, 2.45) is 0 Å². The molecule has 1 heterocycles. The Morgan fingerprint density at radius 3 is 2.50 bits per heavy atom. The molecule has 144 valence electrons. The lowest BCUT2D eigenvalue weighted by Gasteiger charge is -2.13. The minimum atomic E-state index is -0.430. The Kier molecular flexibility index (Phi) is 6.54. The summed E-state index contributed by atoms with van der Waals surface area (Å²) in [5.41, 5.74) is 2.70. The van der Waals surface area contributed by atoms with E-state index in [1.165, 1.54) is 7.11 Å². The summed E-state index contributed by atoms with van der Waals surface area (Å²) in [4.78, 5) is 21.1. The number of hydrogen-bond donors (Lipinski definition) is 2. The number of ether oxygens (including phenoxy) is 2. The summed E-state index contributed by atoms with van der Waals surface area (Å²) in [6.07, 6.45) is 0. The summed E-state index contributed by atoms with van der Waals surface area (Å²) < 4.78 is 9.94. The van der Waals surface area contributed by atoms with Crippen molar-refractivity contribution in [3.05, 3.63) is 66.2 Å². The molecular formula is C21H22N4O3.